The average Bonchev–Trinajstić information content (AvgIpc) is 2.48. The van der Waals surface area contributed by atoms with Crippen LogP contribution in [0.15, 0.2) is 35.2 Å². The summed E-state index contributed by atoms with van der Waals surface area (Å²) in [4.78, 5) is 13.3. The molecule has 0 bridgehead atoms. The number of hydrogen-bond acceptors (Lipinski definition) is 3. The molecule has 3 nitrogen and oxygen atoms in total. The highest BCUT2D eigenvalue weighted by molar-refractivity contribution is 7.98. The fourth-order valence-electron chi connectivity index (χ4n) is 2.17. The molecule has 1 atom stereocenters. The summed E-state index contributed by atoms with van der Waals surface area (Å²) >= 11 is 1.65. The van der Waals surface area contributed by atoms with E-state index in [1.165, 1.54) is 0 Å². The minimum atomic E-state index is 0.0786. The fraction of sp³-hybridized carbons (Fsp3) is 0.400. The minimum absolute atomic E-state index is 0.0786. The monoisotopic (exact) mass is 277 g/mol. The Kier molecular flexibility index (Phi) is 4.91. The van der Waals surface area contributed by atoms with Crippen molar-refractivity contribution >= 4 is 23.4 Å². The van der Waals surface area contributed by atoms with E-state index in [1.807, 2.05) is 24.5 Å². The molecule has 2 rings (SSSR count). The third-order valence-electron chi connectivity index (χ3n) is 3.31. The van der Waals surface area contributed by atoms with Crippen molar-refractivity contribution in [3.63, 3.8) is 0 Å². The molecule has 19 heavy (non-hydrogen) atoms. The highest BCUT2D eigenvalue weighted by Crippen LogP contribution is 2.30. The van der Waals surface area contributed by atoms with Crippen molar-refractivity contribution in [2.75, 3.05) is 18.7 Å². The summed E-state index contributed by atoms with van der Waals surface area (Å²) in [5.41, 5.74) is 0.750. The van der Waals surface area contributed by atoms with Crippen LogP contribution in [0.2, 0.25) is 0 Å². The van der Waals surface area contributed by atoms with E-state index < -0.39 is 0 Å². The Morgan fingerprint density at radius 2 is 2.26 bits per heavy atom. The number of carbonyl (C=O) groups excluding carboxylic acids is 1. The summed E-state index contributed by atoms with van der Waals surface area (Å²) < 4.78 is 5.33. The standard InChI is InChI=1S/C15H19NO2S/c1-18-14-10-12(19-2)8-9-13(14)16-15(17)11-6-4-3-5-7-11/h3-4,8-11H,5-7H2,1-2H3,(H,16,17). The molecule has 1 aromatic carbocycles. The highest BCUT2D eigenvalue weighted by atomic mass is 32.2. The molecule has 0 aliphatic heterocycles. The zero-order valence-electron chi connectivity index (χ0n) is 11.3. The van der Waals surface area contributed by atoms with Gasteiger partial charge in [0.2, 0.25) is 5.91 Å². The SMILES string of the molecule is COc1cc(SC)ccc1NC(=O)C1CC=CCC1. The molecule has 1 unspecified atom stereocenters. The van der Waals surface area contributed by atoms with Gasteiger partial charge in [-0.05, 0) is 43.7 Å². The van der Waals surface area contributed by atoms with Gasteiger partial charge in [0.25, 0.3) is 0 Å². The van der Waals surface area contributed by atoms with E-state index >= 15 is 0 Å². The summed E-state index contributed by atoms with van der Waals surface area (Å²) in [5.74, 6) is 0.876. The van der Waals surface area contributed by atoms with Crippen molar-refractivity contribution < 1.29 is 9.53 Å². The van der Waals surface area contributed by atoms with Crippen LogP contribution in [0.1, 0.15) is 19.3 Å². The Labute approximate surface area is 118 Å². The maximum absolute atomic E-state index is 12.2. The first-order chi connectivity index (χ1) is 9.24. The van der Waals surface area contributed by atoms with Gasteiger partial charge in [0.1, 0.15) is 5.75 Å². The molecule has 0 aromatic heterocycles. The molecule has 0 spiro atoms. The Hall–Kier alpha value is -1.42. The number of benzene rings is 1. The first-order valence-electron chi connectivity index (χ1n) is 6.42. The van der Waals surface area contributed by atoms with Crippen LogP contribution in [-0.2, 0) is 4.79 Å². The van der Waals surface area contributed by atoms with Crippen LogP contribution in [0.4, 0.5) is 5.69 Å². The van der Waals surface area contributed by atoms with Crippen molar-refractivity contribution in [2.24, 2.45) is 5.92 Å². The molecule has 1 amide bonds. The minimum Gasteiger partial charge on any atom is -0.495 e. The zero-order valence-corrected chi connectivity index (χ0v) is 12.1. The third-order valence-corrected chi connectivity index (χ3v) is 4.03. The van der Waals surface area contributed by atoms with E-state index in [0.717, 1.165) is 29.8 Å². The van der Waals surface area contributed by atoms with E-state index in [2.05, 4.69) is 17.5 Å². The molecule has 0 fully saturated rings. The van der Waals surface area contributed by atoms with E-state index in [0.29, 0.717) is 5.75 Å². The second kappa shape index (κ2) is 6.66. The molecular weight excluding hydrogens is 258 g/mol. The summed E-state index contributed by atoms with van der Waals surface area (Å²) in [6.07, 6.45) is 8.98. The molecule has 1 aromatic rings. The van der Waals surface area contributed by atoms with Gasteiger partial charge in [0.05, 0.1) is 12.8 Å². The number of methoxy groups -OCH3 is 1. The van der Waals surface area contributed by atoms with E-state index in [4.69, 9.17) is 4.74 Å². The Balaban J connectivity index is 2.09. The van der Waals surface area contributed by atoms with Gasteiger partial charge in [-0.1, -0.05) is 12.2 Å². The number of allylic oxidation sites excluding steroid dienone is 2. The van der Waals surface area contributed by atoms with Crippen LogP contribution in [0.25, 0.3) is 0 Å². The largest absolute Gasteiger partial charge is 0.495 e. The predicted octanol–water partition coefficient (Wildman–Crippen LogP) is 3.71. The first kappa shape index (κ1) is 14.0. The molecular formula is C15H19NO2S. The number of nitrogens with one attached hydrogen (secondary N) is 1. The summed E-state index contributed by atoms with van der Waals surface area (Å²) in [6, 6.07) is 5.84. The number of carbonyl (C=O) groups is 1. The quantitative estimate of drug-likeness (QED) is 0.673. The molecule has 0 saturated heterocycles. The highest BCUT2D eigenvalue weighted by Gasteiger charge is 2.19. The van der Waals surface area contributed by atoms with Crippen molar-refractivity contribution in [1.29, 1.82) is 0 Å². The molecule has 102 valence electrons. The third kappa shape index (κ3) is 3.53. The van der Waals surface area contributed by atoms with Crippen LogP contribution in [0, 0.1) is 5.92 Å². The summed E-state index contributed by atoms with van der Waals surface area (Å²) in [7, 11) is 1.62. The second-order valence-electron chi connectivity index (χ2n) is 4.54. The van der Waals surface area contributed by atoms with Gasteiger partial charge in [-0.3, -0.25) is 4.79 Å². The number of amides is 1. The Morgan fingerprint density at radius 3 is 2.89 bits per heavy atom. The second-order valence-corrected chi connectivity index (χ2v) is 5.42. The molecule has 0 heterocycles. The van der Waals surface area contributed by atoms with Crippen LogP contribution in [0.3, 0.4) is 0 Å². The lowest BCUT2D eigenvalue weighted by molar-refractivity contribution is -0.120. The number of hydrogen-bond donors (Lipinski definition) is 1. The number of thioether (sulfide) groups is 1. The van der Waals surface area contributed by atoms with Gasteiger partial charge in [0, 0.05) is 10.8 Å². The molecule has 1 aliphatic carbocycles. The molecule has 1 N–H and O–H groups in total. The maximum atomic E-state index is 12.2. The lowest BCUT2D eigenvalue weighted by Gasteiger charge is -2.18. The Morgan fingerprint density at radius 1 is 1.42 bits per heavy atom. The van der Waals surface area contributed by atoms with Gasteiger partial charge < -0.3 is 10.1 Å². The van der Waals surface area contributed by atoms with Gasteiger partial charge >= 0.3 is 0 Å². The average molecular weight is 277 g/mol. The van der Waals surface area contributed by atoms with Gasteiger partial charge in [-0.25, -0.2) is 0 Å². The van der Waals surface area contributed by atoms with E-state index in [1.54, 1.807) is 18.9 Å². The lowest BCUT2D eigenvalue weighted by Crippen LogP contribution is -2.23. The summed E-state index contributed by atoms with van der Waals surface area (Å²) in [6.45, 7) is 0. The lowest BCUT2D eigenvalue weighted by atomic mass is 9.93. The van der Waals surface area contributed by atoms with Crippen molar-refractivity contribution in [3.8, 4) is 5.75 Å². The summed E-state index contributed by atoms with van der Waals surface area (Å²) in [5, 5.41) is 2.98. The van der Waals surface area contributed by atoms with Crippen LogP contribution >= 0.6 is 11.8 Å². The van der Waals surface area contributed by atoms with E-state index in [9.17, 15) is 4.79 Å². The van der Waals surface area contributed by atoms with E-state index in [-0.39, 0.29) is 11.8 Å². The van der Waals surface area contributed by atoms with Crippen LogP contribution < -0.4 is 10.1 Å². The van der Waals surface area contributed by atoms with Gasteiger partial charge in [0.15, 0.2) is 0 Å². The maximum Gasteiger partial charge on any atom is 0.227 e. The normalized spacial score (nSPS) is 18.1. The first-order valence-corrected chi connectivity index (χ1v) is 7.65. The fourth-order valence-corrected chi connectivity index (χ4v) is 2.60. The number of anilines is 1. The number of rotatable bonds is 4. The molecule has 0 radical (unpaired) electrons. The van der Waals surface area contributed by atoms with Crippen LogP contribution in [-0.4, -0.2) is 19.3 Å². The smallest absolute Gasteiger partial charge is 0.227 e. The van der Waals surface area contributed by atoms with Gasteiger partial charge in [-0.2, -0.15) is 0 Å². The molecule has 0 saturated carbocycles. The van der Waals surface area contributed by atoms with Crippen molar-refractivity contribution in [2.45, 2.75) is 24.2 Å². The van der Waals surface area contributed by atoms with Crippen molar-refractivity contribution in [3.05, 3.63) is 30.4 Å². The Bertz CT molecular complexity index is 485. The predicted molar refractivity (Wildman–Crippen MR) is 79.9 cm³/mol. The van der Waals surface area contributed by atoms with Crippen LogP contribution in [0.5, 0.6) is 5.75 Å². The van der Waals surface area contributed by atoms with Gasteiger partial charge in [-0.15, -0.1) is 11.8 Å². The zero-order chi connectivity index (χ0) is 13.7. The number of ether oxygens (including phenoxy) is 1. The molecule has 4 heteroatoms. The molecule has 1 aliphatic rings. The topological polar surface area (TPSA) is 38.3 Å². The van der Waals surface area contributed by atoms with Crippen molar-refractivity contribution in [1.82, 2.24) is 0 Å².